The second kappa shape index (κ2) is 9.09. The Morgan fingerprint density at radius 3 is 2.56 bits per heavy atom. The zero-order valence-electron chi connectivity index (χ0n) is 17.9. The zero-order valence-corrected chi connectivity index (χ0v) is 19.5. The number of alkyl halides is 1. The minimum atomic E-state index is -4.61. The lowest BCUT2D eigenvalue weighted by Crippen LogP contribution is -2.28. The van der Waals surface area contributed by atoms with Gasteiger partial charge in [0, 0.05) is 12.0 Å². The number of ketones is 2. The van der Waals surface area contributed by atoms with E-state index in [4.69, 9.17) is 25.8 Å². The summed E-state index contributed by atoms with van der Waals surface area (Å²) in [7, 11) is -3.30. The molecule has 2 aliphatic carbocycles. The van der Waals surface area contributed by atoms with E-state index in [2.05, 4.69) is 0 Å². The molecule has 1 heterocycles. The SMILES string of the molecule is COC1=C(C(=O)CC(C)C)C=C2OC=C3C(C(Cl)S(=O)(=O)O)=CC(C)=CC3OC=C2C1=O. The van der Waals surface area contributed by atoms with Gasteiger partial charge in [0.1, 0.15) is 17.4 Å². The Balaban J connectivity index is 2.07. The Hall–Kier alpha value is -2.62. The fourth-order valence-corrected chi connectivity index (χ4v) is 4.19. The van der Waals surface area contributed by atoms with Crippen molar-refractivity contribution in [2.75, 3.05) is 7.11 Å². The van der Waals surface area contributed by atoms with Crippen LogP contribution in [0, 0.1) is 5.92 Å². The number of carbonyl (C=O) groups excluding carboxylic acids is 2. The van der Waals surface area contributed by atoms with Crippen molar-refractivity contribution >= 4 is 33.3 Å². The molecule has 0 aromatic heterocycles. The molecule has 3 aliphatic rings. The maximum atomic E-state index is 13.0. The molecule has 10 heteroatoms. The van der Waals surface area contributed by atoms with E-state index >= 15 is 0 Å². The van der Waals surface area contributed by atoms with Gasteiger partial charge in [-0.15, -0.1) is 0 Å². The van der Waals surface area contributed by atoms with Crippen molar-refractivity contribution in [2.45, 2.75) is 38.0 Å². The van der Waals surface area contributed by atoms with Gasteiger partial charge in [-0.3, -0.25) is 14.1 Å². The Morgan fingerprint density at radius 1 is 1.28 bits per heavy atom. The predicted octanol–water partition coefficient (Wildman–Crippen LogP) is 3.49. The lowest BCUT2D eigenvalue weighted by Gasteiger charge is -2.28. The first kappa shape index (κ1) is 24.0. The quantitative estimate of drug-likeness (QED) is 0.451. The number of Topliss-reactive ketones (excluding diaryl/α,β-unsaturated/α-hetero) is 2. The summed E-state index contributed by atoms with van der Waals surface area (Å²) in [6.45, 7) is 5.46. The second-order valence-corrected chi connectivity index (χ2v) is 10.1. The highest BCUT2D eigenvalue weighted by molar-refractivity contribution is 7.88. The zero-order chi connectivity index (χ0) is 23.8. The third kappa shape index (κ3) is 4.74. The van der Waals surface area contributed by atoms with Crippen LogP contribution in [-0.4, -0.2) is 42.5 Å². The van der Waals surface area contributed by atoms with Crippen LogP contribution in [-0.2, 0) is 33.9 Å². The minimum absolute atomic E-state index is 0.0393. The summed E-state index contributed by atoms with van der Waals surface area (Å²) < 4.78 is 47.7. The van der Waals surface area contributed by atoms with Gasteiger partial charge in [-0.1, -0.05) is 37.1 Å². The maximum absolute atomic E-state index is 13.0. The van der Waals surface area contributed by atoms with Crippen LogP contribution in [0.2, 0.25) is 0 Å². The largest absolute Gasteiger partial charge is 0.492 e. The lowest BCUT2D eigenvalue weighted by molar-refractivity contribution is -0.119. The number of hydrogen-bond acceptors (Lipinski definition) is 7. The number of carbonyl (C=O) groups is 2. The van der Waals surface area contributed by atoms with Crippen LogP contribution in [0.5, 0.6) is 0 Å². The van der Waals surface area contributed by atoms with Crippen molar-refractivity contribution in [1.82, 2.24) is 0 Å². The Labute approximate surface area is 191 Å². The second-order valence-electron chi connectivity index (χ2n) is 7.93. The van der Waals surface area contributed by atoms with Gasteiger partial charge in [0.05, 0.1) is 25.2 Å². The van der Waals surface area contributed by atoms with Crippen molar-refractivity contribution in [1.29, 1.82) is 0 Å². The van der Waals surface area contributed by atoms with Crippen LogP contribution >= 0.6 is 11.6 Å². The first-order chi connectivity index (χ1) is 14.9. The van der Waals surface area contributed by atoms with Gasteiger partial charge in [0.2, 0.25) is 5.78 Å². The number of methoxy groups -OCH3 is 1. The third-order valence-electron chi connectivity index (χ3n) is 4.92. The van der Waals surface area contributed by atoms with Crippen molar-refractivity contribution in [2.24, 2.45) is 5.92 Å². The van der Waals surface area contributed by atoms with E-state index < -0.39 is 26.7 Å². The topological polar surface area (TPSA) is 116 Å². The molecular formula is C22H23ClO8S. The molecule has 2 atom stereocenters. The summed E-state index contributed by atoms with van der Waals surface area (Å²) in [5.74, 6) is -0.857. The van der Waals surface area contributed by atoms with E-state index in [9.17, 15) is 22.6 Å². The standard InChI is InChI=1S/C22H23ClO8S/c1-11(2)5-17(24)14-8-19-16(20(25)21(14)29-4)10-31-18-7-12(3)6-13(15(18)9-30-19)22(23)32(26,27)28/h6-11,18,22H,5H2,1-4H3,(H,26,27,28). The van der Waals surface area contributed by atoms with Crippen molar-refractivity contribution in [3.05, 3.63) is 70.1 Å². The first-order valence-electron chi connectivity index (χ1n) is 9.75. The van der Waals surface area contributed by atoms with E-state index in [1.807, 2.05) is 13.8 Å². The molecule has 0 radical (unpaired) electrons. The number of hydrogen-bond donors (Lipinski definition) is 1. The normalized spacial score (nSPS) is 21.9. The molecule has 1 N–H and O–H groups in total. The summed E-state index contributed by atoms with van der Waals surface area (Å²) >= 11 is 5.99. The average molecular weight is 483 g/mol. The highest BCUT2D eigenvalue weighted by Crippen LogP contribution is 2.37. The Kier molecular flexibility index (Phi) is 6.83. The first-order valence-corrected chi connectivity index (χ1v) is 11.7. The minimum Gasteiger partial charge on any atom is -0.492 e. The van der Waals surface area contributed by atoms with Crippen molar-refractivity contribution < 1.29 is 36.8 Å². The summed E-state index contributed by atoms with van der Waals surface area (Å²) in [4.78, 5) is 25.7. The molecule has 0 amide bonds. The van der Waals surface area contributed by atoms with Gasteiger partial charge in [-0.2, -0.15) is 8.42 Å². The predicted molar refractivity (Wildman–Crippen MR) is 117 cm³/mol. The van der Waals surface area contributed by atoms with Crippen LogP contribution in [0.15, 0.2) is 70.1 Å². The van der Waals surface area contributed by atoms with E-state index in [-0.39, 0.29) is 51.9 Å². The molecule has 0 bridgehead atoms. The van der Waals surface area contributed by atoms with Gasteiger partial charge < -0.3 is 14.2 Å². The van der Waals surface area contributed by atoms with Crippen molar-refractivity contribution in [3.8, 4) is 0 Å². The summed E-state index contributed by atoms with van der Waals surface area (Å²) in [5, 5.41) is 0. The monoisotopic (exact) mass is 482 g/mol. The van der Waals surface area contributed by atoms with Gasteiger partial charge in [-0.05, 0) is 30.6 Å². The molecular weight excluding hydrogens is 460 g/mol. The van der Waals surface area contributed by atoms with Gasteiger partial charge >= 0.3 is 0 Å². The summed E-state index contributed by atoms with van der Waals surface area (Å²) in [5.41, 5.74) is 1.08. The summed E-state index contributed by atoms with van der Waals surface area (Å²) in [6.07, 6.45) is 6.33. The smallest absolute Gasteiger partial charge is 0.286 e. The number of fused-ring (bicyclic) bond motifs is 2. The van der Waals surface area contributed by atoms with E-state index in [1.54, 1.807) is 13.0 Å². The molecule has 0 aromatic carbocycles. The molecule has 0 aromatic rings. The van der Waals surface area contributed by atoms with E-state index in [0.29, 0.717) is 5.57 Å². The molecule has 0 saturated heterocycles. The number of rotatable bonds is 6. The molecule has 172 valence electrons. The molecule has 2 unspecified atom stereocenters. The summed E-state index contributed by atoms with van der Waals surface area (Å²) in [6, 6.07) is 0. The van der Waals surface area contributed by atoms with Crippen LogP contribution in [0.4, 0.5) is 0 Å². The fraction of sp³-hybridized carbons (Fsp3) is 0.364. The molecule has 3 rings (SSSR count). The maximum Gasteiger partial charge on any atom is 0.286 e. The van der Waals surface area contributed by atoms with Crippen LogP contribution in [0.3, 0.4) is 0 Å². The highest BCUT2D eigenvalue weighted by atomic mass is 35.5. The average Bonchev–Trinajstić information content (AvgIpc) is 2.67. The molecule has 32 heavy (non-hydrogen) atoms. The molecule has 0 fully saturated rings. The van der Waals surface area contributed by atoms with Crippen LogP contribution in [0.1, 0.15) is 27.2 Å². The number of allylic oxidation sites excluding steroid dienone is 6. The number of halogens is 1. The van der Waals surface area contributed by atoms with Gasteiger partial charge in [-0.25, -0.2) is 0 Å². The van der Waals surface area contributed by atoms with E-state index in [0.717, 1.165) is 0 Å². The molecule has 0 saturated carbocycles. The fourth-order valence-electron chi connectivity index (χ4n) is 3.47. The van der Waals surface area contributed by atoms with Gasteiger partial charge in [0.25, 0.3) is 10.1 Å². The molecule has 8 nitrogen and oxygen atoms in total. The Bertz CT molecular complexity index is 1150. The molecule has 0 spiro atoms. The number of ether oxygens (including phenoxy) is 3. The molecule has 1 aliphatic heterocycles. The van der Waals surface area contributed by atoms with Crippen molar-refractivity contribution in [3.63, 3.8) is 0 Å². The van der Waals surface area contributed by atoms with Crippen LogP contribution < -0.4 is 0 Å². The Morgan fingerprint density at radius 2 is 1.97 bits per heavy atom. The highest BCUT2D eigenvalue weighted by Gasteiger charge is 2.37. The lowest BCUT2D eigenvalue weighted by atomic mass is 9.91. The van der Waals surface area contributed by atoms with Gasteiger partial charge in [0.15, 0.2) is 16.3 Å². The third-order valence-corrected chi connectivity index (χ3v) is 6.61. The van der Waals surface area contributed by atoms with Crippen LogP contribution in [0.25, 0.3) is 0 Å². The van der Waals surface area contributed by atoms with E-state index in [1.165, 1.54) is 31.8 Å².